The first-order valence-electron chi connectivity index (χ1n) is 8.18. The van der Waals surface area contributed by atoms with Crippen LogP contribution in [-0.4, -0.2) is 55.7 Å². The summed E-state index contributed by atoms with van der Waals surface area (Å²) < 4.78 is 53.1. The number of rotatable bonds is 5. The third-order valence-electron chi connectivity index (χ3n) is 4.56. The predicted molar refractivity (Wildman–Crippen MR) is 86.7 cm³/mol. The molecule has 1 aromatic rings. The van der Waals surface area contributed by atoms with Crippen molar-refractivity contribution in [2.24, 2.45) is 0 Å². The molecule has 1 amide bonds. The van der Waals surface area contributed by atoms with E-state index in [-0.39, 0.29) is 13.1 Å². The maximum atomic E-state index is 13.4. The highest BCUT2D eigenvalue weighted by Crippen LogP contribution is 2.26. The Hall–Kier alpha value is -1.67. The maximum Gasteiger partial charge on any atom is 0.405 e. The third kappa shape index (κ3) is 4.92. The van der Waals surface area contributed by atoms with E-state index in [1.165, 1.54) is 29.2 Å². The van der Waals surface area contributed by atoms with E-state index in [2.05, 4.69) is 10.6 Å². The van der Waals surface area contributed by atoms with Crippen LogP contribution in [-0.2, 0) is 10.2 Å². The maximum absolute atomic E-state index is 13.4. The highest BCUT2D eigenvalue weighted by atomic mass is 19.4. The van der Waals surface area contributed by atoms with Crippen LogP contribution in [0.1, 0.15) is 19.4 Å². The van der Waals surface area contributed by atoms with Crippen LogP contribution < -0.4 is 10.6 Å². The summed E-state index contributed by atoms with van der Waals surface area (Å²) in [7, 11) is 0. The summed E-state index contributed by atoms with van der Waals surface area (Å²) in [4.78, 5) is 13.8. The topological polar surface area (TPSA) is 44.4 Å². The van der Waals surface area contributed by atoms with E-state index in [1.807, 2.05) is 0 Å². The quantitative estimate of drug-likeness (QED) is 0.789. The fourth-order valence-corrected chi connectivity index (χ4v) is 2.85. The number of nitrogens with one attached hydrogen (secondary N) is 2. The molecule has 1 aliphatic rings. The lowest BCUT2D eigenvalue weighted by molar-refractivity contribution is -0.184. The first-order chi connectivity index (χ1) is 11.6. The Morgan fingerprint density at radius 2 is 1.76 bits per heavy atom. The molecule has 0 saturated carbocycles. The molecule has 1 fully saturated rings. The van der Waals surface area contributed by atoms with Crippen LogP contribution in [0.3, 0.4) is 0 Å². The molecular formula is C17H23F4N3O. The highest BCUT2D eigenvalue weighted by molar-refractivity contribution is 5.87. The minimum Gasteiger partial charge on any atom is -0.353 e. The van der Waals surface area contributed by atoms with E-state index < -0.39 is 35.9 Å². The first-order valence-corrected chi connectivity index (χ1v) is 8.18. The summed E-state index contributed by atoms with van der Waals surface area (Å²) >= 11 is 0. The fourth-order valence-electron chi connectivity index (χ4n) is 2.85. The zero-order chi connectivity index (χ0) is 18.7. The van der Waals surface area contributed by atoms with Gasteiger partial charge in [0.15, 0.2) is 0 Å². The van der Waals surface area contributed by atoms with Gasteiger partial charge in [-0.05, 0) is 31.5 Å². The first kappa shape index (κ1) is 19.7. The summed E-state index contributed by atoms with van der Waals surface area (Å²) in [5.41, 5.74) is -0.523. The molecule has 0 bridgehead atoms. The van der Waals surface area contributed by atoms with Gasteiger partial charge in [0.2, 0.25) is 5.91 Å². The number of carbonyl (C=O) groups excluding carboxylic acids is 1. The number of benzene rings is 1. The van der Waals surface area contributed by atoms with Crippen molar-refractivity contribution >= 4 is 5.91 Å². The number of nitrogens with zero attached hydrogens (tertiary/aromatic N) is 1. The summed E-state index contributed by atoms with van der Waals surface area (Å²) in [6, 6.07) is 3.66. The molecule has 0 aromatic heterocycles. The van der Waals surface area contributed by atoms with Crippen molar-refractivity contribution in [3.8, 4) is 0 Å². The number of hydrogen-bond acceptors (Lipinski definition) is 3. The van der Waals surface area contributed by atoms with Crippen LogP contribution in [0.5, 0.6) is 0 Å². The fraction of sp³-hybridized carbons (Fsp3) is 0.588. The van der Waals surface area contributed by atoms with Crippen LogP contribution in [0, 0.1) is 5.82 Å². The Labute approximate surface area is 144 Å². The number of halogens is 4. The van der Waals surface area contributed by atoms with E-state index >= 15 is 0 Å². The molecule has 1 atom stereocenters. The second-order valence-corrected chi connectivity index (χ2v) is 6.69. The number of hydrogen-bond donors (Lipinski definition) is 2. The molecule has 1 heterocycles. The van der Waals surface area contributed by atoms with Gasteiger partial charge < -0.3 is 10.6 Å². The van der Waals surface area contributed by atoms with Gasteiger partial charge in [-0.3, -0.25) is 9.69 Å². The standard InChI is InChI=1S/C17H23F4N3O/c1-16(2,12-3-5-13(18)6-4-12)15(25)23-11-14(17(19,20)21)24-9-7-22-8-10-24/h3-6,14,22H,7-11H2,1-2H3,(H,23,25). The van der Waals surface area contributed by atoms with Gasteiger partial charge in [0.1, 0.15) is 11.9 Å². The second kappa shape index (κ2) is 7.70. The lowest BCUT2D eigenvalue weighted by atomic mass is 9.83. The second-order valence-electron chi connectivity index (χ2n) is 6.69. The molecule has 140 valence electrons. The summed E-state index contributed by atoms with van der Waals surface area (Å²) in [6.45, 7) is 4.23. The van der Waals surface area contributed by atoms with Crippen LogP contribution in [0.25, 0.3) is 0 Å². The van der Waals surface area contributed by atoms with E-state index in [4.69, 9.17) is 0 Å². The predicted octanol–water partition coefficient (Wildman–Crippen LogP) is 2.06. The van der Waals surface area contributed by atoms with E-state index in [1.54, 1.807) is 13.8 Å². The Balaban J connectivity index is 2.05. The molecule has 0 spiro atoms. The van der Waals surface area contributed by atoms with Gasteiger partial charge in [-0.15, -0.1) is 0 Å². The molecule has 1 aliphatic heterocycles. The Kier molecular flexibility index (Phi) is 6.05. The van der Waals surface area contributed by atoms with Crippen molar-refractivity contribution in [1.82, 2.24) is 15.5 Å². The van der Waals surface area contributed by atoms with Gasteiger partial charge in [-0.1, -0.05) is 12.1 Å². The van der Waals surface area contributed by atoms with Gasteiger partial charge in [-0.25, -0.2) is 4.39 Å². The zero-order valence-corrected chi connectivity index (χ0v) is 14.3. The minimum atomic E-state index is -4.43. The Bertz CT molecular complexity index is 581. The molecule has 1 unspecified atom stereocenters. The largest absolute Gasteiger partial charge is 0.405 e. The molecule has 1 saturated heterocycles. The summed E-state index contributed by atoms with van der Waals surface area (Å²) in [5, 5.41) is 5.43. The zero-order valence-electron chi connectivity index (χ0n) is 14.3. The number of amides is 1. The molecule has 0 aliphatic carbocycles. The highest BCUT2D eigenvalue weighted by Gasteiger charge is 2.44. The van der Waals surface area contributed by atoms with Crippen LogP contribution in [0.2, 0.25) is 0 Å². The molecule has 0 radical (unpaired) electrons. The molecule has 2 N–H and O–H groups in total. The molecule has 2 rings (SSSR count). The summed E-state index contributed by atoms with van der Waals surface area (Å²) in [5.74, 6) is -0.959. The minimum absolute atomic E-state index is 0.279. The number of piperazine rings is 1. The van der Waals surface area contributed by atoms with Crippen molar-refractivity contribution < 1.29 is 22.4 Å². The molecule has 8 heteroatoms. The molecule has 25 heavy (non-hydrogen) atoms. The van der Waals surface area contributed by atoms with Gasteiger partial charge in [-0.2, -0.15) is 13.2 Å². The normalized spacial score (nSPS) is 18.0. The monoisotopic (exact) mass is 361 g/mol. The van der Waals surface area contributed by atoms with Crippen LogP contribution in [0.4, 0.5) is 17.6 Å². The van der Waals surface area contributed by atoms with Crippen molar-refractivity contribution in [2.45, 2.75) is 31.5 Å². The van der Waals surface area contributed by atoms with Crippen molar-refractivity contribution in [3.63, 3.8) is 0 Å². The van der Waals surface area contributed by atoms with Gasteiger partial charge in [0.05, 0.1) is 5.41 Å². The molecule has 4 nitrogen and oxygen atoms in total. The summed E-state index contributed by atoms with van der Waals surface area (Å²) in [6.07, 6.45) is -4.43. The Morgan fingerprint density at radius 1 is 1.20 bits per heavy atom. The number of alkyl halides is 3. The lowest BCUT2D eigenvalue weighted by Crippen LogP contribution is -2.58. The smallest absolute Gasteiger partial charge is 0.353 e. The average molecular weight is 361 g/mol. The van der Waals surface area contributed by atoms with Crippen molar-refractivity contribution in [2.75, 3.05) is 32.7 Å². The molecular weight excluding hydrogens is 338 g/mol. The Morgan fingerprint density at radius 3 is 2.28 bits per heavy atom. The van der Waals surface area contributed by atoms with E-state index in [0.717, 1.165) is 0 Å². The van der Waals surface area contributed by atoms with Gasteiger partial charge >= 0.3 is 6.18 Å². The van der Waals surface area contributed by atoms with E-state index in [0.29, 0.717) is 18.7 Å². The van der Waals surface area contributed by atoms with Crippen molar-refractivity contribution in [1.29, 1.82) is 0 Å². The van der Waals surface area contributed by atoms with E-state index in [9.17, 15) is 22.4 Å². The third-order valence-corrected chi connectivity index (χ3v) is 4.56. The lowest BCUT2D eigenvalue weighted by Gasteiger charge is -2.36. The number of carbonyl (C=O) groups is 1. The van der Waals surface area contributed by atoms with Crippen LogP contribution >= 0.6 is 0 Å². The van der Waals surface area contributed by atoms with Gasteiger partial charge in [0.25, 0.3) is 0 Å². The molecule has 1 aromatic carbocycles. The van der Waals surface area contributed by atoms with Crippen LogP contribution in [0.15, 0.2) is 24.3 Å². The van der Waals surface area contributed by atoms with Gasteiger partial charge in [0, 0.05) is 32.7 Å². The average Bonchev–Trinajstić information content (AvgIpc) is 2.55. The SMILES string of the molecule is CC(C)(C(=O)NCC(N1CCNCC1)C(F)(F)F)c1ccc(F)cc1. The van der Waals surface area contributed by atoms with Crippen molar-refractivity contribution in [3.05, 3.63) is 35.6 Å².